The molecule has 2 heterocycles. The molecule has 3 rings (SSSR count). The molecule has 0 unspecified atom stereocenters. The van der Waals surface area contributed by atoms with Crippen molar-refractivity contribution in [2.75, 3.05) is 6.54 Å². The molecule has 0 saturated heterocycles. The van der Waals surface area contributed by atoms with E-state index in [1.165, 1.54) is 0 Å². The van der Waals surface area contributed by atoms with Gasteiger partial charge in [0.15, 0.2) is 0 Å². The van der Waals surface area contributed by atoms with Gasteiger partial charge < -0.3 is 4.90 Å². The minimum atomic E-state index is 0.0518. The summed E-state index contributed by atoms with van der Waals surface area (Å²) in [5, 5.41) is 5.30. The molecule has 0 aliphatic heterocycles. The lowest BCUT2D eigenvalue weighted by Gasteiger charge is -2.26. The molecule has 2 aromatic heterocycles. The van der Waals surface area contributed by atoms with Crippen molar-refractivity contribution in [2.24, 2.45) is 0 Å². The molecule has 0 aliphatic carbocycles. The van der Waals surface area contributed by atoms with Crippen molar-refractivity contribution < 1.29 is 4.79 Å². The molecule has 0 bridgehead atoms. The van der Waals surface area contributed by atoms with Crippen LogP contribution in [0.1, 0.15) is 49.2 Å². The molecule has 0 radical (unpaired) electrons. The fraction of sp³-hybridized carbons (Fsp3) is 0.409. The molecular formula is C22H28N4O. The summed E-state index contributed by atoms with van der Waals surface area (Å²) in [6.45, 7) is 13.8. The van der Waals surface area contributed by atoms with E-state index in [0.717, 1.165) is 39.8 Å². The molecule has 3 aromatic rings. The second-order valence-corrected chi connectivity index (χ2v) is 7.30. The maximum atomic E-state index is 13.4. The van der Waals surface area contributed by atoms with Crippen molar-refractivity contribution in [1.29, 1.82) is 0 Å². The molecule has 1 aromatic carbocycles. The third-order valence-corrected chi connectivity index (χ3v) is 4.96. The normalized spacial score (nSPS) is 11.4. The number of aryl methyl sites for hydroxylation is 3. The smallest absolute Gasteiger partial charge is 0.254 e. The van der Waals surface area contributed by atoms with Crippen molar-refractivity contribution in [1.82, 2.24) is 19.7 Å². The maximum Gasteiger partial charge on any atom is 0.254 e. The Morgan fingerprint density at radius 3 is 2.52 bits per heavy atom. The fourth-order valence-electron chi connectivity index (χ4n) is 3.64. The first-order chi connectivity index (χ1) is 12.8. The Morgan fingerprint density at radius 2 is 1.93 bits per heavy atom. The van der Waals surface area contributed by atoms with Gasteiger partial charge in [0.2, 0.25) is 0 Å². The lowest BCUT2D eigenvalue weighted by Crippen LogP contribution is -2.36. The Morgan fingerprint density at radius 1 is 1.19 bits per heavy atom. The summed E-state index contributed by atoms with van der Waals surface area (Å²) in [5.41, 5.74) is 5.51. The highest BCUT2D eigenvalue weighted by atomic mass is 16.2. The van der Waals surface area contributed by atoms with Crippen LogP contribution in [0, 0.1) is 13.8 Å². The lowest BCUT2D eigenvalue weighted by molar-refractivity contribution is 0.0719. The van der Waals surface area contributed by atoms with Crippen LogP contribution in [-0.2, 0) is 6.54 Å². The standard InChI is InChI=1S/C22H28N4O/c1-7-25-13-17(12-23-25)19-11-18(22(27)26(8-2)14(3)4)21-16(6)9-15(5)10-20(21)24-19/h9-14H,7-8H2,1-6H3. The Balaban J connectivity index is 2.27. The predicted molar refractivity (Wildman–Crippen MR) is 110 cm³/mol. The van der Waals surface area contributed by atoms with Gasteiger partial charge in [-0.15, -0.1) is 0 Å². The summed E-state index contributed by atoms with van der Waals surface area (Å²) >= 11 is 0. The van der Waals surface area contributed by atoms with E-state index in [4.69, 9.17) is 4.98 Å². The zero-order valence-corrected chi connectivity index (χ0v) is 17.1. The minimum absolute atomic E-state index is 0.0518. The Hall–Kier alpha value is -2.69. The maximum absolute atomic E-state index is 13.4. The van der Waals surface area contributed by atoms with Gasteiger partial charge in [0.1, 0.15) is 0 Å². The van der Waals surface area contributed by atoms with Crippen LogP contribution in [-0.4, -0.2) is 38.2 Å². The number of benzene rings is 1. The number of hydrogen-bond acceptors (Lipinski definition) is 3. The average molecular weight is 364 g/mol. The van der Waals surface area contributed by atoms with E-state index < -0.39 is 0 Å². The minimum Gasteiger partial charge on any atom is -0.336 e. The SMILES string of the molecule is CCN(C(=O)c1cc(-c2cnn(CC)c2)nc2cc(C)cc(C)c12)C(C)C. The van der Waals surface area contributed by atoms with Crippen molar-refractivity contribution in [3.63, 3.8) is 0 Å². The summed E-state index contributed by atoms with van der Waals surface area (Å²) < 4.78 is 1.87. The van der Waals surface area contributed by atoms with Crippen LogP contribution >= 0.6 is 0 Å². The molecule has 0 fully saturated rings. The fourth-order valence-corrected chi connectivity index (χ4v) is 3.64. The van der Waals surface area contributed by atoms with E-state index in [2.05, 4.69) is 24.2 Å². The Labute approximate surface area is 161 Å². The van der Waals surface area contributed by atoms with Crippen LogP contribution in [0.25, 0.3) is 22.2 Å². The summed E-state index contributed by atoms with van der Waals surface area (Å²) in [5.74, 6) is 0.0518. The molecule has 5 heteroatoms. The van der Waals surface area contributed by atoms with E-state index in [1.54, 1.807) is 0 Å². The van der Waals surface area contributed by atoms with E-state index in [0.29, 0.717) is 12.1 Å². The number of fused-ring (bicyclic) bond motifs is 1. The third-order valence-electron chi connectivity index (χ3n) is 4.96. The second-order valence-electron chi connectivity index (χ2n) is 7.30. The van der Waals surface area contributed by atoms with Gasteiger partial charge in [0.25, 0.3) is 5.91 Å². The highest BCUT2D eigenvalue weighted by molar-refractivity contribution is 6.08. The van der Waals surface area contributed by atoms with Gasteiger partial charge in [-0.1, -0.05) is 6.07 Å². The van der Waals surface area contributed by atoms with E-state index in [-0.39, 0.29) is 11.9 Å². The van der Waals surface area contributed by atoms with Gasteiger partial charge in [-0.25, -0.2) is 4.98 Å². The van der Waals surface area contributed by atoms with E-state index >= 15 is 0 Å². The number of rotatable bonds is 5. The molecule has 27 heavy (non-hydrogen) atoms. The lowest BCUT2D eigenvalue weighted by atomic mass is 9.98. The van der Waals surface area contributed by atoms with Gasteiger partial charge in [0, 0.05) is 36.3 Å². The largest absolute Gasteiger partial charge is 0.336 e. The van der Waals surface area contributed by atoms with Crippen molar-refractivity contribution >= 4 is 16.8 Å². The highest BCUT2D eigenvalue weighted by Crippen LogP contribution is 2.29. The second kappa shape index (κ2) is 7.51. The predicted octanol–water partition coefficient (Wildman–Crippen LogP) is 4.61. The number of pyridine rings is 1. The van der Waals surface area contributed by atoms with Crippen molar-refractivity contribution in [2.45, 2.75) is 54.1 Å². The Kier molecular flexibility index (Phi) is 5.31. The number of amides is 1. The molecular weight excluding hydrogens is 336 g/mol. The first kappa shape index (κ1) is 19.1. The monoisotopic (exact) mass is 364 g/mol. The number of nitrogens with zero attached hydrogens (tertiary/aromatic N) is 4. The molecule has 0 aliphatic rings. The zero-order chi connectivity index (χ0) is 19.7. The molecule has 142 valence electrons. The quantitative estimate of drug-likeness (QED) is 0.664. The molecule has 0 atom stereocenters. The van der Waals surface area contributed by atoms with Crippen LogP contribution in [0.3, 0.4) is 0 Å². The number of hydrogen-bond donors (Lipinski definition) is 0. The van der Waals surface area contributed by atoms with Crippen LogP contribution in [0.4, 0.5) is 0 Å². The summed E-state index contributed by atoms with van der Waals surface area (Å²) in [6.07, 6.45) is 3.79. The van der Waals surface area contributed by atoms with Gasteiger partial charge in [-0.05, 0) is 64.8 Å². The van der Waals surface area contributed by atoms with Crippen molar-refractivity contribution in [3.05, 3.63) is 47.3 Å². The number of carbonyl (C=O) groups excluding carboxylic acids is 1. The summed E-state index contributed by atoms with van der Waals surface area (Å²) in [7, 11) is 0. The number of aromatic nitrogens is 3. The van der Waals surface area contributed by atoms with E-state index in [1.807, 2.05) is 62.7 Å². The summed E-state index contributed by atoms with van der Waals surface area (Å²) in [4.78, 5) is 20.2. The first-order valence-electron chi connectivity index (χ1n) is 9.61. The van der Waals surface area contributed by atoms with Crippen LogP contribution in [0.2, 0.25) is 0 Å². The molecule has 1 amide bonds. The summed E-state index contributed by atoms with van der Waals surface area (Å²) in [6, 6.07) is 6.23. The topological polar surface area (TPSA) is 51.0 Å². The van der Waals surface area contributed by atoms with Crippen molar-refractivity contribution in [3.8, 4) is 11.3 Å². The van der Waals surface area contributed by atoms with Gasteiger partial charge in [-0.3, -0.25) is 9.48 Å². The molecule has 0 spiro atoms. The van der Waals surface area contributed by atoms with Crippen LogP contribution in [0.15, 0.2) is 30.6 Å². The molecule has 0 N–H and O–H groups in total. The van der Waals surface area contributed by atoms with Crippen LogP contribution < -0.4 is 0 Å². The van der Waals surface area contributed by atoms with Gasteiger partial charge >= 0.3 is 0 Å². The third kappa shape index (κ3) is 3.59. The zero-order valence-electron chi connectivity index (χ0n) is 17.1. The van der Waals surface area contributed by atoms with Crippen LogP contribution in [0.5, 0.6) is 0 Å². The highest BCUT2D eigenvalue weighted by Gasteiger charge is 2.22. The first-order valence-corrected chi connectivity index (χ1v) is 9.61. The molecule has 5 nitrogen and oxygen atoms in total. The Bertz CT molecular complexity index is 987. The molecule has 0 saturated carbocycles. The van der Waals surface area contributed by atoms with E-state index in [9.17, 15) is 4.79 Å². The van der Waals surface area contributed by atoms with Gasteiger partial charge in [0.05, 0.1) is 23.0 Å². The average Bonchev–Trinajstić information content (AvgIpc) is 3.09. The van der Waals surface area contributed by atoms with Gasteiger partial charge in [-0.2, -0.15) is 5.10 Å². The number of carbonyl (C=O) groups is 1.